The lowest BCUT2D eigenvalue weighted by Gasteiger charge is -2.07. The summed E-state index contributed by atoms with van der Waals surface area (Å²) in [6, 6.07) is 16.7. The van der Waals surface area contributed by atoms with Crippen molar-refractivity contribution in [1.29, 1.82) is 0 Å². The van der Waals surface area contributed by atoms with Gasteiger partial charge in [0, 0.05) is 16.2 Å². The van der Waals surface area contributed by atoms with Crippen LogP contribution in [0.2, 0.25) is 0 Å². The third kappa shape index (κ3) is 1.37. The first-order chi connectivity index (χ1) is 9.75. The van der Waals surface area contributed by atoms with E-state index in [1.807, 2.05) is 42.5 Å². The summed E-state index contributed by atoms with van der Waals surface area (Å²) >= 11 is 0. The van der Waals surface area contributed by atoms with Crippen molar-refractivity contribution < 1.29 is 9.52 Å². The Bertz CT molecular complexity index is 1030. The van der Waals surface area contributed by atoms with E-state index in [-0.39, 0.29) is 11.1 Å². The second-order valence-corrected chi connectivity index (χ2v) is 4.75. The molecule has 0 radical (unpaired) electrons. The van der Waals surface area contributed by atoms with Gasteiger partial charge < -0.3 is 9.52 Å². The van der Waals surface area contributed by atoms with Crippen LogP contribution in [0.3, 0.4) is 0 Å². The molecule has 3 aromatic carbocycles. The van der Waals surface area contributed by atoms with Gasteiger partial charge in [-0.3, -0.25) is 0 Å². The van der Waals surface area contributed by atoms with Crippen LogP contribution in [0, 0.1) is 0 Å². The summed E-state index contributed by atoms with van der Waals surface area (Å²) in [5.41, 5.74) is 0.0154. The second kappa shape index (κ2) is 3.84. The Hall–Kier alpha value is -2.81. The zero-order chi connectivity index (χ0) is 13.7. The normalized spacial score (nSPS) is 11.4. The molecular formula is C17H10O3. The van der Waals surface area contributed by atoms with Crippen LogP contribution in [0.5, 0.6) is 5.75 Å². The minimum absolute atomic E-state index is 0.0161. The quantitative estimate of drug-likeness (QED) is 0.298. The van der Waals surface area contributed by atoms with Crippen molar-refractivity contribution in [2.24, 2.45) is 0 Å². The number of aromatic hydroxyl groups is 1. The summed E-state index contributed by atoms with van der Waals surface area (Å²) in [5.74, 6) is -0.0161. The monoisotopic (exact) mass is 262 g/mol. The van der Waals surface area contributed by atoms with Crippen molar-refractivity contribution >= 4 is 32.5 Å². The highest BCUT2D eigenvalue weighted by Crippen LogP contribution is 2.35. The van der Waals surface area contributed by atoms with Crippen molar-refractivity contribution in [3.05, 3.63) is 65.0 Å². The van der Waals surface area contributed by atoms with Gasteiger partial charge >= 0.3 is 5.63 Å². The summed E-state index contributed by atoms with van der Waals surface area (Å²) in [5, 5.41) is 13.7. The summed E-state index contributed by atoms with van der Waals surface area (Å²) < 4.78 is 5.29. The van der Waals surface area contributed by atoms with E-state index in [0.717, 1.165) is 10.8 Å². The Morgan fingerprint density at radius 3 is 2.40 bits per heavy atom. The second-order valence-electron chi connectivity index (χ2n) is 4.75. The first kappa shape index (κ1) is 11.1. The molecule has 0 fully saturated rings. The van der Waals surface area contributed by atoms with Crippen molar-refractivity contribution in [2.75, 3.05) is 0 Å². The molecule has 1 heterocycles. The smallest absolute Gasteiger partial charge is 0.348 e. The molecule has 4 rings (SSSR count). The molecule has 0 aliphatic heterocycles. The maximum absolute atomic E-state index is 12.1. The Labute approximate surface area is 113 Å². The van der Waals surface area contributed by atoms with Crippen LogP contribution < -0.4 is 5.63 Å². The molecule has 3 nitrogen and oxygen atoms in total. The molecule has 0 atom stereocenters. The fraction of sp³-hybridized carbons (Fsp3) is 0. The number of para-hydroxylation sites is 1. The third-order valence-electron chi connectivity index (χ3n) is 3.61. The predicted molar refractivity (Wildman–Crippen MR) is 79.2 cm³/mol. The van der Waals surface area contributed by atoms with E-state index < -0.39 is 5.63 Å². The fourth-order valence-corrected chi connectivity index (χ4v) is 2.68. The van der Waals surface area contributed by atoms with E-state index in [1.54, 1.807) is 12.1 Å². The van der Waals surface area contributed by atoms with E-state index in [1.165, 1.54) is 0 Å². The third-order valence-corrected chi connectivity index (χ3v) is 3.61. The van der Waals surface area contributed by atoms with Gasteiger partial charge in [-0.15, -0.1) is 0 Å². The summed E-state index contributed by atoms with van der Waals surface area (Å²) in [7, 11) is 0. The summed E-state index contributed by atoms with van der Waals surface area (Å²) in [6.45, 7) is 0. The molecule has 0 spiro atoms. The first-order valence-corrected chi connectivity index (χ1v) is 6.32. The van der Waals surface area contributed by atoms with Crippen LogP contribution in [0.1, 0.15) is 0 Å². The van der Waals surface area contributed by atoms with Gasteiger partial charge in [0.1, 0.15) is 16.7 Å². The molecule has 0 amide bonds. The highest BCUT2D eigenvalue weighted by atomic mass is 16.4. The van der Waals surface area contributed by atoms with Crippen LogP contribution in [-0.2, 0) is 0 Å². The van der Waals surface area contributed by atoms with Gasteiger partial charge in [0.25, 0.3) is 0 Å². The van der Waals surface area contributed by atoms with Gasteiger partial charge in [-0.25, -0.2) is 4.79 Å². The lowest BCUT2D eigenvalue weighted by Crippen LogP contribution is -2.00. The molecule has 96 valence electrons. The van der Waals surface area contributed by atoms with Crippen LogP contribution in [-0.4, -0.2) is 5.11 Å². The molecule has 0 aliphatic carbocycles. The van der Waals surface area contributed by atoms with E-state index in [4.69, 9.17) is 4.42 Å². The topological polar surface area (TPSA) is 50.4 Å². The Morgan fingerprint density at radius 2 is 1.55 bits per heavy atom. The molecular weight excluding hydrogens is 252 g/mol. The standard InChI is InChI=1S/C17H10O3/c18-16-11-6-2-1-5-10(11)9-13-12-7-3-4-8-14(12)20-17(19)15(13)16/h1-9,18H. The average Bonchev–Trinajstić information content (AvgIpc) is 2.47. The molecule has 1 aromatic heterocycles. The Kier molecular flexibility index (Phi) is 2.12. The van der Waals surface area contributed by atoms with Crippen LogP contribution in [0.4, 0.5) is 0 Å². The van der Waals surface area contributed by atoms with Crippen molar-refractivity contribution in [2.45, 2.75) is 0 Å². The molecule has 3 heteroatoms. The van der Waals surface area contributed by atoms with Gasteiger partial charge in [-0.05, 0) is 17.5 Å². The number of fused-ring (bicyclic) bond motifs is 4. The number of benzene rings is 3. The molecule has 0 saturated carbocycles. The van der Waals surface area contributed by atoms with E-state index in [0.29, 0.717) is 16.4 Å². The zero-order valence-corrected chi connectivity index (χ0v) is 10.5. The van der Waals surface area contributed by atoms with Crippen molar-refractivity contribution in [3.8, 4) is 5.75 Å². The van der Waals surface area contributed by atoms with Crippen molar-refractivity contribution in [1.82, 2.24) is 0 Å². The maximum atomic E-state index is 12.1. The molecule has 1 N–H and O–H groups in total. The van der Waals surface area contributed by atoms with Crippen molar-refractivity contribution in [3.63, 3.8) is 0 Å². The first-order valence-electron chi connectivity index (χ1n) is 6.32. The lowest BCUT2D eigenvalue weighted by atomic mass is 10.0. The highest BCUT2D eigenvalue weighted by molar-refractivity contribution is 6.13. The van der Waals surface area contributed by atoms with E-state index in [9.17, 15) is 9.90 Å². The number of phenols is 1. The van der Waals surface area contributed by atoms with Gasteiger partial charge in [0.2, 0.25) is 0 Å². The lowest BCUT2D eigenvalue weighted by molar-refractivity contribution is 0.483. The Morgan fingerprint density at radius 1 is 0.850 bits per heavy atom. The number of hydrogen-bond donors (Lipinski definition) is 1. The zero-order valence-electron chi connectivity index (χ0n) is 10.5. The molecule has 0 saturated heterocycles. The van der Waals surface area contributed by atoms with Gasteiger partial charge in [0.05, 0.1) is 0 Å². The summed E-state index contributed by atoms with van der Waals surface area (Å²) in [4.78, 5) is 12.1. The average molecular weight is 262 g/mol. The number of phenolic OH excluding ortho intramolecular Hbond substituents is 1. The number of rotatable bonds is 0. The van der Waals surface area contributed by atoms with Crippen LogP contribution in [0.15, 0.2) is 63.8 Å². The maximum Gasteiger partial charge on any atom is 0.348 e. The van der Waals surface area contributed by atoms with E-state index in [2.05, 4.69) is 0 Å². The van der Waals surface area contributed by atoms with Crippen LogP contribution >= 0.6 is 0 Å². The minimum atomic E-state index is -0.512. The molecule has 20 heavy (non-hydrogen) atoms. The minimum Gasteiger partial charge on any atom is -0.506 e. The highest BCUT2D eigenvalue weighted by Gasteiger charge is 2.13. The summed E-state index contributed by atoms with van der Waals surface area (Å²) in [6.07, 6.45) is 0. The molecule has 0 unspecified atom stereocenters. The predicted octanol–water partition coefficient (Wildman–Crippen LogP) is 3.81. The van der Waals surface area contributed by atoms with Gasteiger partial charge in [-0.2, -0.15) is 0 Å². The fourth-order valence-electron chi connectivity index (χ4n) is 2.68. The molecule has 0 aliphatic rings. The number of hydrogen-bond acceptors (Lipinski definition) is 3. The molecule has 4 aromatic rings. The van der Waals surface area contributed by atoms with Gasteiger partial charge in [-0.1, -0.05) is 42.5 Å². The Balaban J connectivity index is 2.39. The van der Waals surface area contributed by atoms with E-state index >= 15 is 0 Å². The largest absolute Gasteiger partial charge is 0.506 e. The molecule has 0 bridgehead atoms. The SMILES string of the molecule is O=c1oc2ccccc2c2cc3ccccc3c(O)c12. The van der Waals surface area contributed by atoms with Crippen LogP contribution in [0.25, 0.3) is 32.5 Å². The van der Waals surface area contributed by atoms with Gasteiger partial charge in [0.15, 0.2) is 0 Å².